The van der Waals surface area contributed by atoms with Crippen LogP contribution in [0.3, 0.4) is 0 Å². The van der Waals surface area contributed by atoms with Crippen LogP contribution >= 0.6 is 0 Å². The quantitative estimate of drug-likeness (QED) is 0.796. The third-order valence-electron chi connectivity index (χ3n) is 2.38. The van der Waals surface area contributed by atoms with Crippen LogP contribution in [0.5, 0.6) is 5.75 Å². The van der Waals surface area contributed by atoms with Gasteiger partial charge in [0.25, 0.3) is 0 Å². The zero-order valence-corrected chi connectivity index (χ0v) is 9.98. The average molecular weight is 251 g/mol. The summed E-state index contributed by atoms with van der Waals surface area (Å²) in [6.07, 6.45) is 1.02. The number of nitrogens with zero attached hydrogens (tertiary/aromatic N) is 2. The average Bonchev–Trinajstić information content (AvgIpc) is 2.82. The summed E-state index contributed by atoms with van der Waals surface area (Å²) in [5.74, 6) is -0.343. The molecule has 96 valence electrons. The molecule has 0 aliphatic carbocycles. The van der Waals surface area contributed by atoms with E-state index >= 15 is 0 Å². The molecule has 6 heteroatoms. The summed E-state index contributed by atoms with van der Waals surface area (Å²) in [5, 5.41) is 16.0. The van der Waals surface area contributed by atoms with Crippen molar-refractivity contribution in [1.82, 2.24) is 15.5 Å². The summed E-state index contributed by atoms with van der Waals surface area (Å²) in [5.41, 5.74) is 0.468. The van der Waals surface area contributed by atoms with Crippen molar-refractivity contribution < 1.29 is 14.0 Å². The van der Waals surface area contributed by atoms with Gasteiger partial charge in [-0.25, -0.2) is 4.39 Å². The molecule has 5 nitrogen and oxygen atoms in total. The Kier molecular flexibility index (Phi) is 3.88. The lowest BCUT2D eigenvalue weighted by Crippen LogP contribution is -2.13. The Labute approximate surface area is 104 Å². The third kappa shape index (κ3) is 2.84. The lowest BCUT2D eigenvalue weighted by atomic mass is 10.2. The first-order chi connectivity index (χ1) is 8.70. The fraction of sp³-hybridized carbons (Fsp3) is 0.333. The summed E-state index contributed by atoms with van der Waals surface area (Å²) in [7, 11) is 0. The van der Waals surface area contributed by atoms with Gasteiger partial charge in [0.2, 0.25) is 11.7 Å². The zero-order valence-electron chi connectivity index (χ0n) is 9.98. The van der Waals surface area contributed by atoms with E-state index in [-0.39, 0.29) is 0 Å². The SMILES string of the molecule is CCCNCc1nc(-c2ccc(O)c(F)c2)no1. The largest absolute Gasteiger partial charge is 0.505 e. The molecule has 0 spiro atoms. The second-order valence-corrected chi connectivity index (χ2v) is 3.85. The van der Waals surface area contributed by atoms with E-state index in [4.69, 9.17) is 9.63 Å². The van der Waals surface area contributed by atoms with E-state index < -0.39 is 11.6 Å². The maximum atomic E-state index is 13.2. The molecule has 2 N–H and O–H groups in total. The Morgan fingerprint density at radius 1 is 1.44 bits per heavy atom. The molecule has 1 aromatic heterocycles. The molecule has 1 heterocycles. The zero-order chi connectivity index (χ0) is 13.0. The topological polar surface area (TPSA) is 71.2 Å². The molecule has 0 amide bonds. The lowest BCUT2D eigenvalue weighted by Gasteiger charge is -1.97. The minimum atomic E-state index is -0.706. The molecule has 0 atom stereocenters. The normalized spacial score (nSPS) is 10.8. The summed E-state index contributed by atoms with van der Waals surface area (Å²) < 4.78 is 18.2. The van der Waals surface area contributed by atoms with Crippen molar-refractivity contribution in [3.8, 4) is 17.1 Å². The summed E-state index contributed by atoms with van der Waals surface area (Å²) in [4.78, 5) is 4.13. The van der Waals surface area contributed by atoms with Gasteiger partial charge in [0.15, 0.2) is 11.6 Å². The number of hydrogen-bond donors (Lipinski definition) is 2. The van der Waals surface area contributed by atoms with E-state index in [0.29, 0.717) is 23.8 Å². The number of phenols is 1. The van der Waals surface area contributed by atoms with Crippen LogP contribution in [0.2, 0.25) is 0 Å². The van der Waals surface area contributed by atoms with Crippen molar-refractivity contribution in [2.75, 3.05) is 6.54 Å². The van der Waals surface area contributed by atoms with Crippen LogP contribution in [-0.4, -0.2) is 21.8 Å². The van der Waals surface area contributed by atoms with Crippen LogP contribution in [-0.2, 0) is 6.54 Å². The van der Waals surface area contributed by atoms with Crippen LogP contribution < -0.4 is 5.32 Å². The van der Waals surface area contributed by atoms with E-state index in [9.17, 15) is 4.39 Å². The highest BCUT2D eigenvalue weighted by atomic mass is 19.1. The maximum Gasteiger partial charge on any atom is 0.240 e. The van der Waals surface area contributed by atoms with Crippen LogP contribution in [0.1, 0.15) is 19.2 Å². The fourth-order valence-electron chi connectivity index (χ4n) is 1.46. The van der Waals surface area contributed by atoms with E-state index in [2.05, 4.69) is 22.4 Å². The number of aromatic nitrogens is 2. The Balaban J connectivity index is 2.11. The Morgan fingerprint density at radius 3 is 3.00 bits per heavy atom. The molecular weight excluding hydrogens is 237 g/mol. The second kappa shape index (κ2) is 5.59. The highest BCUT2D eigenvalue weighted by Gasteiger charge is 2.10. The minimum Gasteiger partial charge on any atom is -0.505 e. The second-order valence-electron chi connectivity index (χ2n) is 3.85. The Hall–Kier alpha value is -1.95. The van der Waals surface area contributed by atoms with Gasteiger partial charge in [-0.1, -0.05) is 12.1 Å². The number of hydrogen-bond acceptors (Lipinski definition) is 5. The van der Waals surface area contributed by atoms with Crippen LogP contribution in [0.15, 0.2) is 22.7 Å². The Morgan fingerprint density at radius 2 is 2.28 bits per heavy atom. The van der Waals surface area contributed by atoms with Gasteiger partial charge in [-0.3, -0.25) is 0 Å². The van der Waals surface area contributed by atoms with Crippen LogP contribution in [0.4, 0.5) is 4.39 Å². The predicted octanol–water partition coefficient (Wildman–Crippen LogP) is 2.08. The molecule has 0 radical (unpaired) electrons. The molecule has 0 aliphatic heterocycles. The van der Waals surface area contributed by atoms with Crippen molar-refractivity contribution in [2.24, 2.45) is 0 Å². The van der Waals surface area contributed by atoms with Gasteiger partial charge in [-0.05, 0) is 31.2 Å². The molecule has 0 bridgehead atoms. The van der Waals surface area contributed by atoms with Crippen molar-refractivity contribution in [3.63, 3.8) is 0 Å². The van der Waals surface area contributed by atoms with Gasteiger partial charge in [0, 0.05) is 5.56 Å². The van der Waals surface area contributed by atoms with E-state index in [1.54, 1.807) is 0 Å². The van der Waals surface area contributed by atoms with Crippen molar-refractivity contribution in [3.05, 3.63) is 29.9 Å². The molecule has 18 heavy (non-hydrogen) atoms. The van der Waals surface area contributed by atoms with Gasteiger partial charge in [0.1, 0.15) is 0 Å². The number of rotatable bonds is 5. The van der Waals surface area contributed by atoms with Crippen molar-refractivity contribution in [2.45, 2.75) is 19.9 Å². The van der Waals surface area contributed by atoms with Crippen molar-refractivity contribution in [1.29, 1.82) is 0 Å². The van der Waals surface area contributed by atoms with Gasteiger partial charge >= 0.3 is 0 Å². The third-order valence-corrected chi connectivity index (χ3v) is 2.38. The number of aromatic hydroxyl groups is 1. The highest BCUT2D eigenvalue weighted by Crippen LogP contribution is 2.22. The van der Waals surface area contributed by atoms with Gasteiger partial charge < -0.3 is 14.9 Å². The minimum absolute atomic E-state index is 0.308. The number of benzene rings is 1. The Bertz CT molecular complexity index is 528. The highest BCUT2D eigenvalue weighted by molar-refractivity contribution is 5.55. The monoisotopic (exact) mass is 251 g/mol. The van der Waals surface area contributed by atoms with Crippen molar-refractivity contribution >= 4 is 0 Å². The lowest BCUT2D eigenvalue weighted by molar-refractivity contribution is 0.368. The molecule has 0 saturated heterocycles. The molecule has 1 aromatic carbocycles. The first kappa shape index (κ1) is 12.5. The summed E-state index contributed by atoms with van der Waals surface area (Å²) in [6, 6.07) is 3.96. The van der Waals surface area contributed by atoms with E-state index in [1.807, 2.05) is 0 Å². The van der Waals surface area contributed by atoms with Crippen LogP contribution in [0, 0.1) is 5.82 Å². The molecule has 0 aliphatic rings. The molecule has 0 unspecified atom stereocenters. The standard InChI is InChI=1S/C12H14FN3O2/c1-2-5-14-7-11-15-12(16-18-11)8-3-4-10(17)9(13)6-8/h3-4,6,14,17H,2,5,7H2,1H3. The first-order valence-corrected chi connectivity index (χ1v) is 5.73. The molecule has 2 rings (SSSR count). The van der Waals surface area contributed by atoms with Gasteiger partial charge in [-0.2, -0.15) is 4.98 Å². The molecular formula is C12H14FN3O2. The van der Waals surface area contributed by atoms with Gasteiger partial charge in [0.05, 0.1) is 6.54 Å². The fourth-order valence-corrected chi connectivity index (χ4v) is 1.46. The predicted molar refractivity (Wildman–Crippen MR) is 63.4 cm³/mol. The molecule has 2 aromatic rings. The van der Waals surface area contributed by atoms with E-state index in [1.165, 1.54) is 18.2 Å². The van der Waals surface area contributed by atoms with Gasteiger partial charge in [-0.15, -0.1) is 0 Å². The van der Waals surface area contributed by atoms with Crippen LogP contribution in [0.25, 0.3) is 11.4 Å². The maximum absolute atomic E-state index is 13.2. The number of halogens is 1. The summed E-state index contributed by atoms with van der Waals surface area (Å²) >= 11 is 0. The van der Waals surface area contributed by atoms with E-state index in [0.717, 1.165) is 13.0 Å². The molecule has 0 fully saturated rings. The number of nitrogens with one attached hydrogen (secondary N) is 1. The number of phenolic OH excluding ortho intramolecular Hbond substituents is 1. The molecule has 0 saturated carbocycles. The first-order valence-electron chi connectivity index (χ1n) is 5.73. The summed E-state index contributed by atoms with van der Waals surface area (Å²) in [6.45, 7) is 3.42. The smallest absolute Gasteiger partial charge is 0.240 e.